The number of aryl methyl sites for hydroxylation is 1. The molecule has 140 valence electrons. The average Bonchev–Trinajstić information content (AvgIpc) is 2.62. The summed E-state index contributed by atoms with van der Waals surface area (Å²) in [6.07, 6.45) is 2.63. The van der Waals surface area contributed by atoms with E-state index in [0.29, 0.717) is 26.9 Å². The Morgan fingerprint density at radius 3 is 2.56 bits per heavy atom. The highest BCUT2D eigenvalue weighted by molar-refractivity contribution is 6.42. The second-order valence-corrected chi connectivity index (χ2v) is 6.23. The second-order valence-electron chi connectivity index (χ2n) is 5.42. The molecule has 1 amide bonds. The first kappa shape index (κ1) is 20.4. The number of nitrogens with one attached hydrogen (secondary N) is 1. The lowest BCUT2D eigenvalue weighted by molar-refractivity contribution is -0.384. The molecular weight excluding hydrogens is 395 g/mol. The standard InChI is InChI=1S/C18H14Cl2N2O5/c1-11-8-13(22(25)26)4-6-16(11)21-17(23)10-27-18(24)7-3-12-2-5-14(19)15(20)9-12/h2-9H,10H2,1H3,(H,21,23)/b7-3+. The Labute approximate surface area is 164 Å². The highest BCUT2D eigenvalue weighted by Crippen LogP contribution is 2.23. The maximum atomic E-state index is 11.9. The number of rotatable bonds is 6. The number of nitro groups is 1. The summed E-state index contributed by atoms with van der Waals surface area (Å²) in [4.78, 5) is 33.7. The molecule has 0 aliphatic heterocycles. The van der Waals surface area contributed by atoms with Gasteiger partial charge in [-0.05, 0) is 42.3 Å². The van der Waals surface area contributed by atoms with Gasteiger partial charge in [0.1, 0.15) is 0 Å². The van der Waals surface area contributed by atoms with Gasteiger partial charge >= 0.3 is 5.97 Å². The zero-order valence-corrected chi connectivity index (χ0v) is 15.6. The number of nitro benzene ring substituents is 1. The van der Waals surface area contributed by atoms with Gasteiger partial charge in [0.05, 0.1) is 15.0 Å². The highest BCUT2D eigenvalue weighted by atomic mass is 35.5. The van der Waals surface area contributed by atoms with E-state index < -0.39 is 23.4 Å². The van der Waals surface area contributed by atoms with Gasteiger partial charge in [-0.1, -0.05) is 29.3 Å². The fraction of sp³-hybridized carbons (Fsp3) is 0.111. The van der Waals surface area contributed by atoms with Gasteiger partial charge in [-0.2, -0.15) is 0 Å². The quantitative estimate of drug-likeness (QED) is 0.330. The molecule has 0 saturated carbocycles. The van der Waals surface area contributed by atoms with E-state index in [9.17, 15) is 19.7 Å². The summed E-state index contributed by atoms with van der Waals surface area (Å²) in [5.41, 5.74) is 1.48. The van der Waals surface area contributed by atoms with Crippen molar-refractivity contribution in [2.24, 2.45) is 0 Å². The van der Waals surface area contributed by atoms with Crippen molar-refractivity contribution in [2.45, 2.75) is 6.92 Å². The van der Waals surface area contributed by atoms with E-state index in [4.69, 9.17) is 27.9 Å². The van der Waals surface area contributed by atoms with Gasteiger partial charge in [0.25, 0.3) is 11.6 Å². The van der Waals surface area contributed by atoms with Crippen molar-refractivity contribution in [3.05, 3.63) is 73.8 Å². The molecule has 2 rings (SSSR count). The van der Waals surface area contributed by atoms with E-state index in [1.807, 2.05) is 0 Å². The maximum Gasteiger partial charge on any atom is 0.331 e. The van der Waals surface area contributed by atoms with Crippen LogP contribution in [0.1, 0.15) is 11.1 Å². The second kappa shape index (κ2) is 9.16. The number of hydrogen-bond donors (Lipinski definition) is 1. The first-order chi connectivity index (χ1) is 12.8. The lowest BCUT2D eigenvalue weighted by Gasteiger charge is -2.08. The minimum Gasteiger partial charge on any atom is -0.452 e. The third kappa shape index (κ3) is 6.09. The molecule has 0 saturated heterocycles. The molecule has 0 fully saturated rings. The van der Waals surface area contributed by atoms with Crippen LogP contribution in [-0.2, 0) is 14.3 Å². The zero-order chi connectivity index (χ0) is 20.0. The number of non-ortho nitro benzene ring substituents is 1. The van der Waals surface area contributed by atoms with Crippen LogP contribution in [0.5, 0.6) is 0 Å². The summed E-state index contributed by atoms with van der Waals surface area (Å²) in [5.74, 6) is -1.28. The van der Waals surface area contributed by atoms with E-state index >= 15 is 0 Å². The molecule has 0 aromatic heterocycles. The van der Waals surface area contributed by atoms with E-state index in [0.717, 1.165) is 6.08 Å². The van der Waals surface area contributed by atoms with Gasteiger partial charge < -0.3 is 10.1 Å². The minimum atomic E-state index is -0.711. The number of carbonyl (C=O) groups is 2. The zero-order valence-electron chi connectivity index (χ0n) is 14.1. The van der Waals surface area contributed by atoms with E-state index in [-0.39, 0.29) is 5.69 Å². The maximum absolute atomic E-state index is 11.9. The van der Waals surface area contributed by atoms with Crippen LogP contribution in [0.15, 0.2) is 42.5 Å². The van der Waals surface area contributed by atoms with Gasteiger partial charge in [0, 0.05) is 23.9 Å². The van der Waals surface area contributed by atoms with Crippen molar-refractivity contribution in [1.82, 2.24) is 0 Å². The molecule has 0 unspecified atom stereocenters. The van der Waals surface area contributed by atoms with Crippen LogP contribution in [0.3, 0.4) is 0 Å². The van der Waals surface area contributed by atoms with Gasteiger partial charge in [-0.15, -0.1) is 0 Å². The Hall–Kier alpha value is -2.90. The van der Waals surface area contributed by atoms with E-state index in [1.54, 1.807) is 25.1 Å². The SMILES string of the molecule is Cc1cc([N+](=O)[O-])ccc1NC(=O)COC(=O)/C=C/c1ccc(Cl)c(Cl)c1. The lowest BCUT2D eigenvalue weighted by atomic mass is 10.2. The molecule has 7 nitrogen and oxygen atoms in total. The molecule has 0 radical (unpaired) electrons. The monoisotopic (exact) mass is 408 g/mol. The molecular formula is C18H14Cl2N2O5. The fourth-order valence-electron chi connectivity index (χ4n) is 2.05. The van der Waals surface area contributed by atoms with Crippen LogP contribution in [0.2, 0.25) is 10.0 Å². The molecule has 0 spiro atoms. The number of anilines is 1. The molecule has 27 heavy (non-hydrogen) atoms. The summed E-state index contributed by atoms with van der Waals surface area (Å²) in [6.45, 7) is 1.12. The van der Waals surface area contributed by atoms with Gasteiger partial charge in [0.2, 0.25) is 0 Å². The van der Waals surface area contributed by atoms with Crippen LogP contribution in [0, 0.1) is 17.0 Å². The molecule has 2 aromatic carbocycles. The summed E-state index contributed by atoms with van der Waals surface area (Å²) < 4.78 is 4.85. The van der Waals surface area contributed by atoms with Crippen molar-refractivity contribution in [3.8, 4) is 0 Å². The number of nitrogens with zero attached hydrogens (tertiary/aromatic N) is 1. The smallest absolute Gasteiger partial charge is 0.331 e. The Kier molecular flexibility index (Phi) is 6.92. The molecule has 9 heteroatoms. The summed E-state index contributed by atoms with van der Waals surface area (Å²) >= 11 is 11.7. The summed E-state index contributed by atoms with van der Waals surface area (Å²) in [6, 6.07) is 8.86. The van der Waals surface area contributed by atoms with Crippen LogP contribution >= 0.6 is 23.2 Å². The van der Waals surface area contributed by atoms with Crippen molar-refractivity contribution in [2.75, 3.05) is 11.9 Å². The van der Waals surface area contributed by atoms with Crippen molar-refractivity contribution in [3.63, 3.8) is 0 Å². The first-order valence-corrected chi connectivity index (χ1v) is 8.36. The molecule has 0 atom stereocenters. The van der Waals surface area contributed by atoms with Crippen molar-refractivity contribution in [1.29, 1.82) is 0 Å². The molecule has 1 N–H and O–H groups in total. The molecule has 0 bridgehead atoms. The Morgan fingerprint density at radius 2 is 1.93 bits per heavy atom. The number of benzene rings is 2. The number of amides is 1. The number of halogens is 2. The van der Waals surface area contributed by atoms with Crippen LogP contribution < -0.4 is 5.32 Å². The van der Waals surface area contributed by atoms with Gasteiger partial charge in [-0.25, -0.2) is 4.79 Å². The summed E-state index contributed by atoms with van der Waals surface area (Å²) in [7, 11) is 0. The molecule has 0 aliphatic carbocycles. The Balaban J connectivity index is 1.87. The number of carbonyl (C=O) groups excluding carboxylic acids is 2. The largest absolute Gasteiger partial charge is 0.452 e. The minimum absolute atomic E-state index is 0.0793. The van der Waals surface area contributed by atoms with Crippen molar-refractivity contribution >= 4 is 52.5 Å². The molecule has 2 aromatic rings. The number of hydrogen-bond acceptors (Lipinski definition) is 5. The Morgan fingerprint density at radius 1 is 1.19 bits per heavy atom. The van der Waals surface area contributed by atoms with E-state index in [1.165, 1.54) is 24.3 Å². The van der Waals surface area contributed by atoms with Crippen molar-refractivity contribution < 1.29 is 19.2 Å². The van der Waals surface area contributed by atoms with Crippen LogP contribution in [0.4, 0.5) is 11.4 Å². The summed E-state index contributed by atoms with van der Waals surface area (Å²) in [5, 5.41) is 14.0. The lowest BCUT2D eigenvalue weighted by Crippen LogP contribution is -2.20. The predicted octanol–water partition coefficient (Wildman–Crippen LogP) is 4.41. The van der Waals surface area contributed by atoms with Gasteiger partial charge in [-0.3, -0.25) is 14.9 Å². The number of esters is 1. The third-order valence-corrected chi connectivity index (χ3v) is 4.13. The normalized spacial score (nSPS) is 10.6. The third-order valence-electron chi connectivity index (χ3n) is 3.40. The van der Waals surface area contributed by atoms with Crippen LogP contribution in [-0.4, -0.2) is 23.4 Å². The first-order valence-electron chi connectivity index (χ1n) is 7.61. The highest BCUT2D eigenvalue weighted by Gasteiger charge is 2.11. The predicted molar refractivity (Wildman–Crippen MR) is 103 cm³/mol. The van der Waals surface area contributed by atoms with Crippen LogP contribution in [0.25, 0.3) is 6.08 Å². The number of ether oxygens (including phenoxy) is 1. The average molecular weight is 409 g/mol. The van der Waals surface area contributed by atoms with Gasteiger partial charge in [0.15, 0.2) is 6.61 Å². The molecule has 0 aliphatic rings. The Bertz CT molecular complexity index is 928. The fourth-order valence-corrected chi connectivity index (χ4v) is 2.36. The van der Waals surface area contributed by atoms with E-state index in [2.05, 4.69) is 5.32 Å². The molecule has 0 heterocycles. The topological polar surface area (TPSA) is 98.5 Å².